The lowest BCUT2D eigenvalue weighted by molar-refractivity contribution is -0.121. The van der Waals surface area contributed by atoms with Gasteiger partial charge in [0.25, 0.3) is 0 Å². The van der Waals surface area contributed by atoms with E-state index in [4.69, 9.17) is 0 Å². The Hall–Kier alpha value is -0.740. The van der Waals surface area contributed by atoms with E-state index in [1.165, 1.54) is 4.88 Å². The van der Waals surface area contributed by atoms with E-state index in [1.54, 1.807) is 11.3 Å². The summed E-state index contributed by atoms with van der Waals surface area (Å²) < 4.78 is 0. The van der Waals surface area contributed by atoms with Gasteiger partial charge < -0.3 is 5.32 Å². The third-order valence-corrected chi connectivity index (χ3v) is 3.53. The van der Waals surface area contributed by atoms with Crippen molar-refractivity contribution in [2.24, 2.45) is 5.92 Å². The first-order valence-electron chi connectivity index (χ1n) is 5.14. The lowest BCUT2D eigenvalue weighted by Crippen LogP contribution is -2.24. The molecule has 0 radical (unpaired) electrons. The number of rotatable bonds is 5. The highest BCUT2D eigenvalue weighted by atomic mass is 32.1. The molecule has 84 valence electrons. The molecule has 3 nitrogen and oxygen atoms in total. The molecule has 0 aliphatic carbocycles. The zero-order chi connectivity index (χ0) is 11.4. The summed E-state index contributed by atoms with van der Waals surface area (Å²) >= 11 is 1.63. The predicted molar refractivity (Wildman–Crippen MR) is 63.4 cm³/mol. The van der Waals surface area contributed by atoms with Gasteiger partial charge in [0, 0.05) is 17.3 Å². The van der Waals surface area contributed by atoms with Crippen LogP contribution in [0.1, 0.15) is 22.5 Å². The van der Waals surface area contributed by atoms with Crippen LogP contribution in [0.25, 0.3) is 0 Å². The molecule has 0 fully saturated rings. The number of carbonyl (C=O) groups excluding carboxylic acids is 1. The van der Waals surface area contributed by atoms with E-state index >= 15 is 0 Å². The first-order valence-corrected chi connectivity index (χ1v) is 5.96. The summed E-state index contributed by atoms with van der Waals surface area (Å²) in [4.78, 5) is 17.3. The Balaban J connectivity index is 2.58. The van der Waals surface area contributed by atoms with Crippen LogP contribution >= 0.6 is 11.3 Å². The van der Waals surface area contributed by atoms with Gasteiger partial charge in [-0.2, -0.15) is 0 Å². The first-order chi connectivity index (χ1) is 7.04. The minimum Gasteiger partial charge on any atom is -0.319 e. The maximum atomic E-state index is 11.7. The van der Waals surface area contributed by atoms with Crippen LogP contribution in [0.15, 0.2) is 0 Å². The second-order valence-corrected chi connectivity index (χ2v) is 5.14. The third kappa shape index (κ3) is 3.39. The zero-order valence-electron chi connectivity index (χ0n) is 9.76. The molecule has 0 aliphatic heterocycles. The molecule has 1 rings (SSSR count). The molecule has 0 aliphatic rings. The first kappa shape index (κ1) is 12.3. The van der Waals surface area contributed by atoms with E-state index in [0.717, 1.165) is 17.2 Å². The Kier molecular flexibility index (Phi) is 4.42. The molecule has 0 bridgehead atoms. The Morgan fingerprint density at radius 3 is 2.67 bits per heavy atom. The van der Waals surface area contributed by atoms with E-state index in [9.17, 15) is 4.79 Å². The molecule has 0 amide bonds. The monoisotopic (exact) mass is 226 g/mol. The average Bonchev–Trinajstić information content (AvgIpc) is 2.46. The zero-order valence-corrected chi connectivity index (χ0v) is 10.6. The van der Waals surface area contributed by atoms with Crippen molar-refractivity contribution in [1.29, 1.82) is 0 Å². The smallest absolute Gasteiger partial charge is 0.143 e. The molecule has 0 saturated carbocycles. The molecular weight excluding hydrogens is 208 g/mol. The van der Waals surface area contributed by atoms with Gasteiger partial charge in [-0.1, -0.05) is 6.92 Å². The molecule has 0 aromatic carbocycles. The number of thiazole rings is 1. The van der Waals surface area contributed by atoms with Crippen LogP contribution in [-0.4, -0.2) is 24.4 Å². The molecular formula is C11H18N2OS. The SMILES string of the molecule is CNCC(C)C(=O)Cc1nc(C)c(C)s1. The fourth-order valence-electron chi connectivity index (χ4n) is 1.36. The molecule has 1 atom stereocenters. The number of Topliss-reactive ketones (excluding diaryl/α,β-unsaturated/α-hetero) is 1. The molecule has 1 unspecified atom stereocenters. The lowest BCUT2D eigenvalue weighted by Gasteiger charge is -2.07. The number of ketones is 1. The van der Waals surface area contributed by atoms with Crippen LogP contribution in [0.4, 0.5) is 0 Å². The van der Waals surface area contributed by atoms with Gasteiger partial charge in [0.05, 0.1) is 12.1 Å². The summed E-state index contributed by atoms with van der Waals surface area (Å²) in [6.45, 7) is 6.71. The van der Waals surface area contributed by atoms with E-state index in [2.05, 4.69) is 10.3 Å². The highest BCUT2D eigenvalue weighted by molar-refractivity contribution is 7.11. The molecule has 1 aromatic heterocycles. The van der Waals surface area contributed by atoms with Crippen LogP contribution in [0, 0.1) is 19.8 Å². The molecule has 4 heteroatoms. The van der Waals surface area contributed by atoms with E-state index in [-0.39, 0.29) is 11.7 Å². The Bertz CT molecular complexity index is 327. The summed E-state index contributed by atoms with van der Waals surface area (Å²) in [6, 6.07) is 0. The second kappa shape index (κ2) is 5.37. The van der Waals surface area contributed by atoms with Crippen molar-refractivity contribution in [2.75, 3.05) is 13.6 Å². The largest absolute Gasteiger partial charge is 0.319 e. The second-order valence-electron chi connectivity index (χ2n) is 3.85. The number of nitrogens with zero attached hydrogens (tertiary/aromatic N) is 1. The average molecular weight is 226 g/mol. The van der Waals surface area contributed by atoms with Crippen LogP contribution in [-0.2, 0) is 11.2 Å². The van der Waals surface area contributed by atoms with Gasteiger partial charge in [-0.05, 0) is 20.9 Å². The summed E-state index contributed by atoms with van der Waals surface area (Å²) in [5.41, 5.74) is 1.05. The van der Waals surface area contributed by atoms with Crippen molar-refractivity contribution >= 4 is 17.1 Å². The van der Waals surface area contributed by atoms with Crippen molar-refractivity contribution in [3.63, 3.8) is 0 Å². The van der Waals surface area contributed by atoms with Gasteiger partial charge in [0.1, 0.15) is 10.8 Å². The van der Waals surface area contributed by atoms with Crippen molar-refractivity contribution in [2.45, 2.75) is 27.2 Å². The predicted octanol–water partition coefficient (Wildman–Crippen LogP) is 1.73. The number of aromatic nitrogens is 1. The number of hydrogen-bond acceptors (Lipinski definition) is 4. The fraction of sp³-hybridized carbons (Fsp3) is 0.636. The Morgan fingerprint density at radius 1 is 1.53 bits per heavy atom. The van der Waals surface area contributed by atoms with Gasteiger partial charge in [-0.25, -0.2) is 4.98 Å². The Morgan fingerprint density at radius 2 is 2.20 bits per heavy atom. The molecule has 1 N–H and O–H groups in total. The molecule has 1 aromatic rings. The fourth-order valence-corrected chi connectivity index (χ4v) is 2.30. The standard InChI is InChI=1S/C11H18N2OS/c1-7(6-12-4)10(14)5-11-13-8(2)9(3)15-11/h7,12H,5-6H2,1-4H3. The van der Waals surface area contributed by atoms with Crippen LogP contribution in [0.2, 0.25) is 0 Å². The van der Waals surface area contributed by atoms with E-state index in [1.807, 2.05) is 27.8 Å². The number of carbonyl (C=O) groups is 1. The van der Waals surface area contributed by atoms with Crippen LogP contribution in [0.3, 0.4) is 0 Å². The van der Waals surface area contributed by atoms with Gasteiger partial charge >= 0.3 is 0 Å². The third-order valence-electron chi connectivity index (χ3n) is 2.46. The maximum Gasteiger partial charge on any atom is 0.143 e. The van der Waals surface area contributed by atoms with Crippen LogP contribution < -0.4 is 5.32 Å². The normalized spacial score (nSPS) is 12.8. The van der Waals surface area contributed by atoms with Gasteiger partial charge in [0.2, 0.25) is 0 Å². The van der Waals surface area contributed by atoms with Crippen molar-refractivity contribution in [1.82, 2.24) is 10.3 Å². The maximum absolute atomic E-state index is 11.7. The van der Waals surface area contributed by atoms with Gasteiger partial charge in [0.15, 0.2) is 0 Å². The molecule has 0 saturated heterocycles. The summed E-state index contributed by atoms with van der Waals surface area (Å²) in [5.74, 6) is 0.331. The highest BCUT2D eigenvalue weighted by Crippen LogP contribution is 2.17. The lowest BCUT2D eigenvalue weighted by atomic mass is 10.0. The summed E-state index contributed by atoms with van der Waals surface area (Å²) in [7, 11) is 1.86. The number of nitrogens with one attached hydrogen (secondary N) is 1. The van der Waals surface area contributed by atoms with E-state index in [0.29, 0.717) is 6.42 Å². The number of aryl methyl sites for hydroxylation is 2. The van der Waals surface area contributed by atoms with Crippen molar-refractivity contribution in [3.8, 4) is 0 Å². The minimum atomic E-state index is 0.0690. The van der Waals surface area contributed by atoms with Gasteiger partial charge in [-0.15, -0.1) is 11.3 Å². The van der Waals surface area contributed by atoms with Crippen molar-refractivity contribution < 1.29 is 4.79 Å². The Labute approximate surface area is 94.9 Å². The quantitative estimate of drug-likeness (QED) is 0.831. The molecule has 15 heavy (non-hydrogen) atoms. The van der Waals surface area contributed by atoms with Crippen molar-refractivity contribution in [3.05, 3.63) is 15.6 Å². The summed E-state index contributed by atoms with van der Waals surface area (Å²) in [6.07, 6.45) is 0.474. The van der Waals surface area contributed by atoms with Crippen LogP contribution in [0.5, 0.6) is 0 Å². The molecule has 0 spiro atoms. The summed E-state index contributed by atoms with van der Waals surface area (Å²) in [5, 5.41) is 3.96. The van der Waals surface area contributed by atoms with E-state index < -0.39 is 0 Å². The molecule has 1 heterocycles. The number of hydrogen-bond donors (Lipinski definition) is 1. The minimum absolute atomic E-state index is 0.0690. The van der Waals surface area contributed by atoms with Gasteiger partial charge in [-0.3, -0.25) is 4.79 Å². The highest BCUT2D eigenvalue weighted by Gasteiger charge is 2.15. The topological polar surface area (TPSA) is 42.0 Å².